The van der Waals surface area contributed by atoms with Gasteiger partial charge in [0.2, 0.25) is 10.0 Å². The zero-order chi connectivity index (χ0) is 23.3. The lowest BCUT2D eigenvalue weighted by molar-refractivity contribution is -0.117. The Morgan fingerprint density at radius 3 is 2.50 bits per heavy atom. The first-order valence-corrected chi connectivity index (χ1v) is 12.1. The molecule has 0 radical (unpaired) electrons. The number of benzene rings is 2. The summed E-state index contributed by atoms with van der Waals surface area (Å²) >= 11 is 1.38. The van der Waals surface area contributed by atoms with E-state index in [1.807, 2.05) is 29.6 Å². The zero-order valence-electron chi connectivity index (χ0n) is 17.7. The van der Waals surface area contributed by atoms with Gasteiger partial charge in [0, 0.05) is 37.1 Å². The Hall–Kier alpha value is -2.92. The molecule has 1 amide bonds. The SMILES string of the molecule is CN(C)S(=O)(=O)c1cccc(C(=O)NCC(=O)Cc2nc(-c3ccc(CN)cc3)cs2)c1. The number of Topliss-reactive ketones (excluding diaryl/α,β-unsaturated/α-hetero) is 1. The Kier molecular flexibility index (Phi) is 7.52. The van der Waals surface area contributed by atoms with Gasteiger partial charge in [0.25, 0.3) is 5.91 Å². The quantitative estimate of drug-likeness (QED) is 0.492. The maximum Gasteiger partial charge on any atom is 0.251 e. The van der Waals surface area contributed by atoms with Crippen LogP contribution in [0.4, 0.5) is 0 Å². The normalized spacial score (nSPS) is 11.5. The van der Waals surface area contributed by atoms with Crippen LogP contribution in [-0.2, 0) is 27.8 Å². The largest absolute Gasteiger partial charge is 0.345 e. The lowest BCUT2D eigenvalue weighted by Crippen LogP contribution is -2.30. The highest BCUT2D eigenvalue weighted by atomic mass is 32.2. The van der Waals surface area contributed by atoms with Gasteiger partial charge in [0.05, 0.1) is 23.6 Å². The standard InChI is InChI=1S/C22H24N4O4S2/c1-26(2)32(29,30)19-5-3-4-17(10-19)22(28)24-13-18(27)11-21-25-20(14-31-21)16-8-6-15(12-23)7-9-16/h3-10,14H,11-13,23H2,1-2H3,(H,24,28). The minimum absolute atomic E-state index is 0.0105. The molecule has 0 saturated heterocycles. The molecule has 0 atom stereocenters. The molecule has 8 nitrogen and oxygen atoms in total. The van der Waals surface area contributed by atoms with Crippen LogP contribution in [0, 0.1) is 0 Å². The fourth-order valence-corrected chi connectivity index (χ4v) is 4.64. The van der Waals surface area contributed by atoms with E-state index in [4.69, 9.17) is 5.73 Å². The molecule has 3 aromatic rings. The topological polar surface area (TPSA) is 122 Å². The fourth-order valence-electron chi connectivity index (χ4n) is 2.86. The second-order valence-electron chi connectivity index (χ2n) is 7.24. The average Bonchev–Trinajstić information content (AvgIpc) is 3.25. The average molecular weight is 473 g/mol. The number of nitrogens with zero attached hydrogens (tertiary/aromatic N) is 2. The van der Waals surface area contributed by atoms with Gasteiger partial charge < -0.3 is 11.1 Å². The molecule has 0 bridgehead atoms. The molecule has 32 heavy (non-hydrogen) atoms. The van der Waals surface area contributed by atoms with E-state index in [9.17, 15) is 18.0 Å². The van der Waals surface area contributed by atoms with Gasteiger partial charge in [-0.1, -0.05) is 30.3 Å². The summed E-state index contributed by atoms with van der Waals surface area (Å²) < 4.78 is 25.6. The van der Waals surface area contributed by atoms with Crippen molar-refractivity contribution < 1.29 is 18.0 Å². The van der Waals surface area contributed by atoms with E-state index in [0.29, 0.717) is 11.6 Å². The highest BCUT2D eigenvalue weighted by molar-refractivity contribution is 7.89. The highest BCUT2D eigenvalue weighted by Crippen LogP contribution is 2.22. The fraction of sp³-hybridized carbons (Fsp3) is 0.227. The van der Waals surface area contributed by atoms with Crippen molar-refractivity contribution >= 4 is 33.1 Å². The number of amides is 1. The van der Waals surface area contributed by atoms with Crippen LogP contribution in [-0.4, -0.2) is 50.0 Å². The van der Waals surface area contributed by atoms with E-state index >= 15 is 0 Å². The van der Waals surface area contributed by atoms with Crippen LogP contribution in [0.25, 0.3) is 11.3 Å². The number of nitrogens with one attached hydrogen (secondary N) is 1. The van der Waals surface area contributed by atoms with Crippen LogP contribution >= 0.6 is 11.3 Å². The van der Waals surface area contributed by atoms with Crippen LogP contribution in [0.2, 0.25) is 0 Å². The van der Waals surface area contributed by atoms with Gasteiger partial charge in [-0.3, -0.25) is 9.59 Å². The van der Waals surface area contributed by atoms with Crippen LogP contribution < -0.4 is 11.1 Å². The van der Waals surface area contributed by atoms with E-state index in [1.165, 1.54) is 49.7 Å². The number of rotatable bonds is 9. The van der Waals surface area contributed by atoms with Gasteiger partial charge in [-0.05, 0) is 23.8 Å². The van der Waals surface area contributed by atoms with Crippen LogP contribution in [0.1, 0.15) is 20.9 Å². The maximum absolute atomic E-state index is 12.4. The smallest absolute Gasteiger partial charge is 0.251 e. The number of carbonyl (C=O) groups is 2. The van der Waals surface area contributed by atoms with E-state index < -0.39 is 15.9 Å². The number of thiazole rings is 1. The number of ketones is 1. The van der Waals surface area contributed by atoms with Gasteiger partial charge in [-0.15, -0.1) is 11.3 Å². The van der Waals surface area contributed by atoms with Crippen molar-refractivity contribution in [2.75, 3.05) is 20.6 Å². The van der Waals surface area contributed by atoms with Crippen molar-refractivity contribution in [3.05, 3.63) is 70.0 Å². The van der Waals surface area contributed by atoms with Crippen molar-refractivity contribution in [3.8, 4) is 11.3 Å². The summed E-state index contributed by atoms with van der Waals surface area (Å²) in [4.78, 5) is 29.2. The van der Waals surface area contributed by atoms with Crippen molar-refractivity contribution in [3.63, 3.8) is 0 Å². The molecule has 0 spiro atoms. The number of hydrogen-bond donors (Lipinski definition) is 2. The number of hydrogen-bond acceptors (Lipinski definition) is 7. The summed E-state index contributed by atoms with van der Waals surface area (Å²) in [6.07, 6.45) is 0.0981. The molecule has 1 heterocycles. The minimum Gasteiger partial charge on any atom is -0.345 e. The van der Waals surface area contributed by atoms with E-state index in [2.05, 4.69) is 10.3 Å². The first-order chi connectivity index (χ1) is 15.2. The molecule has 1 aromatic heterocycles. The monoisotopic (exact) mass is 472 g/mol. The molecule has 0 fully saturated rings. The van der Waals surface area contributed by atoms with Crippen LogP contribution in [0.5, 0.6) is 0 Å². The first-order valence-electron chi connectivity index (χ1n) is 9.77. The number of carbonyl (C=O) groups excluding carboxylic acids is 2. The predicted molar refractivity (Wildman–Crippen MR) is 124 cm³/mol. The van der Waals surface area contributed by atoms with Crippen molar-refractivity contribution in [1.82, 2.24) is 14.6 Å². The summed E-state index contributed by atoms with van der Waals surface area (Å²) in [6.45, 7) is 0.294. The molecular weight excluding hydrogens is 448 g/mol. The molecule has 0 aliphatic carbocycles. The van der Waals surface area contributed by atoms with Crippen LogP contribution in [0.3, 0.4) is 0 Å². The van der Waals surface area contributed by atoms with E-state index in [1.54, 1.807) is 0 Å². The summed E-state index contributed by atoms with van der Waals surface area (Å²) in [5.41, 5.74) is 8.53. The Balaban J connectivity index is 1.58. The van der Waals surface area contributed by atoms with Gasteiger partial charge in [0.1, 0.15) is 5.01 Å². The number of sulfonamides is 1. The molecule has 2 aromatic carbocycles. The highest BCUT2D eigenvalue weighted by Gasteiger charge is 2.19. The third-order valence-corrected chi connectivity index (χ3v) is 7.37. The van der Waals surface area contributed by atoms with Gasteiger partial charge in [-0.2, -0.15) is 0 Å². The van der Waals surface area contributed by atoms with Crippen molar-refractivity contribution in [1.29, 1.82) is 0 Å². The lowest BCUT2D eigenvalue weighted by atomic mass is 10.1. The first kappa shape index (κ1) is 23.7. The number of aromatic nitrogens is 1. The third kappa shape index (κ3) is 5.65. The summed E-state index contributed by atoms with van der Waals surface area (Å²) in [5.74, 6) is -0.719. The molecular formula is C22H24N4O4S2. The zero-order valence-corrected chi connectivity index (χ0v) is 19.4. The van der Waals surface area contributed by atoms with E-state index in [0.717, 1.165) is 21.1 Å². The van der Waals surface area contributed by atoms with Crippen molar-refractivity contribution in [2.24, 2.45) is 5.73 Å². The van der Waals surface area contributed by atoms with Crippen molar-refractivity contribution in [2.45, 2.75) is 17.9 Å². The second kappa shape index (κ2) is 10.1. The Labute approximate surface area is 191 Å². The molecule has 168 valence electrons. The lowest BCUT2D eigenvalue weighted by Gasteiger charge is -2.12. The molecule has 0 saturated carbocycles. The minimum atomic E-state index is -3.66. The number of nitrogens with two attached hydrogens (primary N) is 1. The Morgan fingerprint density at radius 1 is 1.12 bits per heavy atom. The van der Waals surface area contributed by atoms with E-state index in [-0.39, 0.29) is 29.2 Å². The van der Waals surface area contributed by atoms with Crippen LogP contribution in [0.15, 0.2) is 58.8 Å². The summed E-state index contributed by atoms with van der Waals surface area (Å²) in [7, 11) is -0.823. The van der Waals surface area contributed by atoms with Gasteiger partial charge in [0.15, 0.2) is 5.78 Å². The summed E-state index contributed by atoms with van der Waals surface area (Å²) in [5, 5.41) is 5.08. The molecule has 0 aliphatic heterocycles. The molecule has 10 heteroatoms. The third-order valence-electron chi connectivity index (χ3n) is 4.71. The second-order valence-corrected chi connectivity index (χ2v) is 10.3. The summed E-state index contributed by atoms with van der Waals surface area (Å²) in [6, 6.07) is 13.4. The maximum atomic E-state index is 12.4. The van der Waals surface area contributed by atoms with Gasteiger partial charge in [-0.25, -0.2) is 17.7 Å². The molecule has 3 N–H and O–H groups in total. The predicted octanol–water partition coefficient (Wildman–Crippen LogP) is 2.06. The molecule has 0 unspecified atom stereocenters. The molecule has 3 rings (SSSR count). The Morgan fingerprint density at radius 2 is 1.84 bits per heavy atom. The van der Waals surface area contributed by atoms with Gasteiger partial charge >= 0.3 is 0 Å². The Bertz CT molecular complexity index is 1220. The molecule has 0 aliphatic rings.